The molecule has 1 rings (SSSR count). The van der Waals surface area contributed by atoms with E-state index in [9.17, 15) is 0 Å². The zero-order valence-electron chi connectivity index (χ0n) is 7.13. The first kappa shape index (κ1) is 8.40. The van der Waals surface area contributed by atoms with Crippen LogP contribution in [-0.2, 0) is 0 Å². The predicted molar refractivity (Wildman–Crippen MR) is 49.8 cm³/mol. The smallest absolute Gasteiger partial charge is 0.153 e. The lowest BCUT2D eigenvalue weighted by Crippen LogP contribution is -2.14. The van der Waals surface area contributed by atoms with E-state index in [-0.39, 0.29) is 0 Å². The number of hydrogen-bond acceptors (Lipinski definition) is 3. The first-order valence-electron chi connectivity index (χ1n) is 3.62. The molecule has 1 aromatic heterocycles. The first-order chi connectivity index (χ1) is 5.29. The van der Waals surface area contributed by atoms with E-state index in [2.05, 4.69) is 18.9 Å². The van der Waals surface area contributed by atoms with E-state index >= 15 is 0 Å². The Labute approximate surface area is 71.4 Å². The summed E-state index contributed by atoms with van der Waals surface area (Å²) in [6.07, 6.45) is 0. The summed E-state index contributed by atoms with van der Waals surface area (Å²) in [5.41, 5.74) is 0. The molecule has 0 aliphatic carbocycles. The Bertz CT molecular complexity index is 222. The second-order valence-electron chi connectivity index (χ2n) is 2.31. The summed E-state index contributed by atoms with van der Waals surface area (Å²) in [5, 5.41) is 3.25. The van der Waals surface area contributed by atoms with E-state index in [4.69, 9.17) is 4.74 Å². The minimum atomic E-state index is 0.972. The molecule has 2 nitrogen and oxygen atoms in total. The zero-order chi connectivity index (χ0) is 8.27. The highest BCUT2D eigenvalue weighted by Gasteiger charge is 2.06. The third-order valence-corrected chi connectivity index (χ3v) is 2.66. The molecule has 0 aliphatic rings. The van der Waals surface area contributed by atoms with Crippen LogP contribution in [-0.4, -0.2) is 20.7 Å². The Kier molecular flexibility index (Phi) is 2.76. The minimum absolute atomic E-state index is 0.972. The van der Waals surface area contributed by atoms with E-state index in [0.29, 0.717) is 0 Å². The molecule has 0 spiro atoms. The summed E-state index contributed by atoms with van der Waals surface area (Å²) in [6.45, 7) is 3.13. The Morgan fingerprint density at radius 1 is 1.64 bits per heavy atom. The van der Waals surface area contributed by atoms with Gasteiger partial charge >= 0.3 is 0 Å². The highest BCUT2D eigenvalue weighted by Crippen LogP contribution is 2.32. The second-order valence-corrected chi connectivity index (χ2v) is 3.20. The van der Waals surface area contributed by atoms with Gasteiger partial charge < -0.3 is 9.64 Å². The Morgan fingerprint density at radius 2 is 2.36 bits per heavy atom. The molecule has 0 bridgehead atoms. The lowest BCUT2D eigenvalue weighted by molar-refractivity contribution is 0.417. The van der Waals surface area contributed by atoms with Gasteiger partial charge in [0.25, 0.3) is 0 Å². The van der Waals surface area contributed by atoms with Crippen molar-refractivity contribution in [1.29, 1.82) is 0 Å². The summed E-state index contributed by atoms with van der Waals surface area (Å²) in [7, 11) is 3.77. The molecule has 0 saturated carbocycles. The molecule has 1 heterocycles. The predicted octanol–water partition coefficient (Wildman–Crippen LogP) is 2.21. The maximum absolute atomic E-state index is 5.18. The first-order valence-corrected chi connectivity index (χ1v) is 4.50. The number of nitrogens with zero attached hydrogens (tertiary/aromatic N) is 1. The zero-order valence-corrected chi connectivity index (χ0v) is 7.94. The molecule has 11 heavy (non-hydrogen) atoms. The maximum Gasteiger partial charge on any atom is 0.153 e. The maximum atomic E-state index is 5.18. The second kappa shape index (κ2) is 3.62. The van der Waals surface area contributed by atoms with Crippen molar-refractivity contribution in [1.82, 2.24) is 0 Å². The van der Waals surface area contributed by atoms with E-state index < -0.39 is 0 Å². The number of hydrogen-bond donors (Lipinski definition) is 0. The molecule has 62 valence electrons. The molecule has 0 saturated heterocycles. The van der Waals surface area contributed by atoms with Crippen molar-refractivity contribution in [3.05, 3.63) is 11.4 Å². The van der Waals surface area contributed by atoms with Crippen molar-refractivity contribution in [2.45, 2.75) is 6.92 Å². The molecular formula is C8H13NOS. The average molecular weight is 171 g/mol. The van der Waals surface area contributed by atoms with Crippen LogP contribution in [0.3, 0.4) is 0 Å². The monoisotopic (exact) mass is 171 g/mol. The lowest BCUT2D eigenvalue weighted by atomic mass is 10.5. The van der Waals surface area contributed by atoms with Gasteiger partial charge in [0.05, 0.1) is 7.11 Å². The van der Waals surface area contributed by atoms with Crippen molar-refractivity contribution in [2.75, 3.05) is 25.6 Å². The Hall–Kier alpha value is -0.700. The van der Waals surface area contributed by atoms with Crippen molar-refractivity contribution in [2.24, 2.45) is 0 Å². The van der Waals surface area contributed by atoms with Gasteiger partial charge in [0, 0.05) is 13.6 Å². The highest BCUT2D eigenvalue weighted by molar-refractivity contribution is 7.14. The molecule has 0 atom stereocenters. The van der Waals surface area contributed by atoms with E-state index in [1.54, 1.807) is 18.4 Å². The van der Waals surface area contributed by atoms with Gasteiger partial charge in [-0.15, -0.1) is 11.3 Å². The van der Waals surface area contributed by atoms with Crippen molar-refractivity contribution in [3.63, 3.8) is 0 Å². The fraction of sp³-hybridized carbons (Fsp3) is 0.500. The van der Waals surface area contributed by atoms with Gasteiger partial charge in [-0.1, -0.05) is 0 Å². The van der Waals surface area contributed by atoms with Crippen LogP contribution in [0.15, 0.2) is 11.4 Å². The Balaban J connectivity index is 2.83. The van der Waals surface area contributed by atoms with Gasteiger partial charge in [0.2, 0.25) is 0 Å². The molecule has 1 aromatic rings. The number of thiophene rings is 1. The minimum Gasteiger partial charge on any atom is -0.494 e. The van der Waals surface area contributed by atoms with Crippen molar-refractivity contribution >= 4 is 16.3 Å². The van der Waals surface area contributed by atoms with E-state index in [1.807, 2.05) is 11.4 Å². The number of rotatable bonds is 3. The summed E-state index contributed by atoms with van der Waals surface area (Å²) in [5.74, 6) is 0.972. The lowest BCUT2D eigenvalue weighted by Gasteiger charge is -2.15. The molecule has 0 N–H and O–H groups in total. The largest absolute Gasteiger partial charge is 0.494 e. The number of ether oxygens (including phenoxy) is 1. The molecule has 0 amide bonds. The van der Waals surface area contributed by atoms with Crippen molar-refractivity contribution in [3.8, 4) is 5.75 Å². The van der Waals surface area contributed by atoms with Gasteiger partial charge in [-0.05, 0) is 18.4 Å². The van der Waals surface area contributed by atoms with Crippen LogP contribution >= 0.6 is 11.3 Å². The topological polar surface area (TPSA) is 12.5 Å². The van der Waals surface area contributed by atoms with Crippen LogP contribution in [0, 0.1) is 0 Å². The summed E-state index contributed by atoms with van der Waals surface area (Å²) < 4.78 is 5.18. The SMILES string of the molecule is CCN(C)c1sccc1OC. The quantitative estimate of drug-likeness (QED) is 0.691. The molecule has 0 radical (unpaired) electrons. The summed E-state index contributed by atoms with van der Waals surface area (Å²) in [6, 6.07) is 1.99. The highest BCUT2D eigenvalue weighted by atomic mass is 32.1. The molecule has 0 aromatic carbocycles. The van der Waals surface area contributed by atoms with E-state index in [0.717, 1.165) is 12.3 Å². The third kappa shape index (κ3) is 1.66. The van der Waals surface area contributed by atoms with Crippen molar-refractivity contribution < 1.29 is 4.74 Å². The van der Waals surface area contributed by atoms with Crippen LogP contribution in [0.1, 0.15) is 6.92 Å². The number of anilines is 1. The standard InChI is InChI=1S/C8H13NOS/c1-4-9(2)8-7(10-3)5-6-11-8/h5-6H,4H2,1-3H3. The summed E-state index contributed by atoms with van der Waals surface area (Å²) >= 11 is 1.71. The third-order valence-electron chi connectivity index (χ3n) is 1.65. The van der Waals surface area contributed by atoms with Gasteiger partial charge in [0.1, 0.15) is 5.00 Å². The summed E-state index contributed by atoms with van der Waals surface area (Å²) in [4.78, 5) is 2.17. The van der Waals surface area contributed by atoms with Crippen LogP contribution in [0.5, 0.6) is 5.75 Å². The van der Waals surface area contributed by atoms with Gasteiger partial charge in [-0.25, -0.2) is 0 Å². The van der Waals surface area contributed by atoms with Crippen LogP contribution < -0.4 is 9.64 Å². The van der Waals surface area contributed by atoms with Gasteiger partial charge in [-0.2, -0.15) is 0 Å². The normalized spacial score (nSPS) is 9.73. The molecule has 0 fully saturated rings. The Morgan fingerprint density at radius 3 is 2.91 bits per heavy atom. The van der Waals surface area contributed by atoms with Crippen LogP contribution in [0.2, 0.25) is 0 Å². The van der Waals surface area contributed by atoms with Crippen LogP contribution in [0.25, 0.3) is 0 Å². The van der Waals surface area contributed by atoms with Gasteiger partial charge in [0.15, 0.2) is 5.75 Å². The fourth-order valence-corrected chi connectivity index (χ4v) is 1.76. The molecular weight excluding hydrogens is 158 g/mol. The fourth-order valence-electron chi connectivity index (χ4n) is 0.867. The molecule has 3 heteroatoms. The molecule has 0 aliphatic heterocycles. The van der Waals surface area contributed by atoms with Crippen LogP contribution in [0.4, 0.5) is 5.00 Å². The van der Waals surface area contributed by atoms with E-state index in [1.165, 1.54) is 5.00 Å². The number of methoxy groups -OCH3 is 1. The average Bonchev–Trinajstić information content (AvgIpc) is 2.50. The molecule has 0 unspecified atom stereocenters. The van der Waals surface area contributed by atoms with Gasteiger partial charge in [-0.3, -0.25) is 0 Å².